The zero-order valence-electron chi connectivity index (χ0n) is 11.6. The number of hydrogen-bond donors (Lipinski definition) is 1. The van der Waals surface area contributed by atoms with Gasteiger partial charge in [-0.1, -0.05) is 0 Å². The molecule has 0 bridgehead atoms. The number of nitrogens with zero attached hydrogens (tertiary/aromatic N) is 4. The minimum atomic E-state index is -0.333. The van der Waals surface area contributed by atoms with Gasteiger partial charge in [-0.25, -0.2) is 9.37 Å². The van der Waals surface area contributed by atoms with Crippen LogP contribution < -0.4 is 5.43 Å². The van der Waals surface area contributed by atoms with Crippen LogP contribution in [0, 0.1) is 28.5 Å². The number of anilines is 1. The molecule has 1 heterocycles. The topological polar surface area (TPSA) is 98.0 Å². The number of fused-ring (bicyclic) bond motifs is 1. The number of nitrogens with one attached hydrogen (secondary N) is 1. The van der Waals surface area contributed by atoms with Gasteiger partial charge in [0, 0.05) is 5.56 Å². The summed E-state index contributed by atoms with van der Waals surface area (Å²) in [5.74, 6) is 0.0374. The molecule has 23 heavy (non-hydrogen) atoms. The third-order valence-corrected chi connectivity index (χ3v) is 2.99. The lowest BCUT2D eigenvalue weighted by Gasteiger charge is -1.97. The maximum absolute atomic E-state index is 13.0. The average Bonchev–Trinajstić information content (AvgIpc) is 2.99. The smallest absolute Gasteiger partial charge is 0.237 e. The van der Waals surface area contributed by atoms with Crippen LogP contribution in [-0.2, 0) is 0 Å². The highest BCUT2D eigenvalue weighted by Gasteiger charge is 2.09. The fourth-order valence-electron chi connectivity index (χ4n) is 1.91. The predicted octanol–water partition coefficient (Wildman–Crippen LogP) is 3.45. The summed E-state index contributed by atoms with van der Waals surface area (Å²) in [7, 11) is 0. The van der Waals surface area contributed by atoms with Gasteiger partial charge in [0.25, 0.3) is 0 Å². The summed E-state index contributed by atoms with van der Waals surface area (Å²) >= 11 is 0. The molecule has 7 heteroatoms. The zero-order chi connectivity index (χ0) is 16.2. The van der Waals surface area contributed by atoms with E-state index in [9.17, 15) is 4.39 Å². The van der Waals surface area contributed by atoms with Gasteiger partial charge in [0.1, 0.15) is 23.5 Å². The Morgan fingerprint density at radius 1 is 1.13 bits per heavy atom. The van der Waals surface area contributed by atoms with Gasteiger partial charge in [0.05, 0.1) is 5.69 Å². The first-order chi connectivity index (χ1) is 11.2. The van der Waals surface area contributed by atoms with Gasteiger partial charge in [-0.3, -0.25) is 5.43 Å². The molecule has 0 saturated heterocycles. The monoisotopic (exact) mass is 305 g/mol. The van der Waals surface area contributed by atoms with Crippen LogP contribution in [0.4, 0.5) is 10.1 Å². The first-order valence-electron chi connectivity index (χ1n) is 6.50. The molecule has 0 saturated carbocycles. The molecule has 0 atom stereocenters. The van der Waals surface area contributed by atoms with Crippen LogP contribution in [0.25, 0.3) is 22.6 Å². The lowest BCUT2D eigenvalue weighted by Crippen LogP contribution is -1.95. The van der Waals surface area contributed by atoms with Gasteiger partial charge in [-0.05, 0) is 42.5 Å². The van der Waals surface area contributed by atoms with E-state index in [4.69, 9.17) is 14.9 Å². The summed E-state index contributed by atoms with van der Waals surface area (Å²) < 4.78 is 18.6. The van der Waals surface area contributed by atoms with Crippen molar-refractivity contribution in [3.63, 3.8) is 0 Å². The first kappa shape index (κ1) is 14.2. The van der Waals surface area contributed by atoms with Crippen LogP contribution in [0.1, 0.15) is 0 Å². The summed E-state index contributed by atoms with van der Waals surface area (Å²) in [6.07, 6.45) is 0. The minimum Gasteiger partial charge on any atom is -0.436 e. The molecule has 0 aliphatic rings. The molecular weight excluding hydrogens is 297 g/mol. The van der Waals surface area contributed by atoms with E-state index in [1.807, 2.05) is 0 Å². The molecule has 1 aromatic heterocycles. The van der Waals surface area contributed by atoms with Crippen molar-refractivity contribution >= 4 is 22.5 Å². The normalized spacial score (nSPS) is 9.87. The van der Waals surface area contributed by atoms with Gasteiger partial charge in [0.15, 0.2) is 5.58 Å². The molecule has 2 aromatic carbocycles. The molecule has 0 aliphatic carbocycles. The molecule has 0 radical (unpaired) electrons. The van der Waals surface area contributed by atoms with Crippen molar-refractivity contribution in [1.29, 1.82) is 10.5 Å². The highest BCUT2D eigenvalue weighted by Crippen LogP contribution is 2.26. The number of halogens is 1. The lowest BCUT2D eigenvalue weighted by atomic mass is 10.2. The molecule has 0 spiro atoms. The Kier molecular flexibility index (Phi) is 3.69. The lowest BCUT2D eigenvalue weighted by molar-refractivity contribution is 0.616. The second kappa shape index (κ2) is 5.96. The van der Waals surface area contributed by atoms with Gasteiger partial charge < -0.3 is 4.42 Å². The summed E-state index contributed by atoms with van der Waals surface area (Å²) in [6.45, 7) is 0. The van der Waals surface area contributed by atoms with Crippen molar-refractivity contribution in [1.82, 2.24) is 4.98 Å². The Morgan fingerprint density at radius 2 is 1.87 bits per heavy atom. The Labute approximate surface area is 130 Å². The molecule has 0 unspecified atom stereocenters. The first-order valence-corrected chi connectivity index (χ1v) is 6.50. The van der Waals surface area contributed by atoms with Crippen LogP contribution in [0.5, 0.6) is 0 Å². The SMILES string of the molecule is N#CC(C#N)=NNc1ccc2oc(-c3ccc(F)cc3)nc2c1. The maximum atomic E-state index is 13.0. The second-order valence-electron chi connectivity index (χ2n) is 4.50. The number of hydrazone groups is 1. The molecule has 0 fully saturated rings. The largest absolute Gasteiger partial charge is 0.436 e. The fourth-order valence-corrected chi connectivity index (χ4v) is 1.91. The molecule has 3 aromatic rings. The van der Waals surface area contributed by atoms with Gasteiger partial charge in [0.2, 0.25) is 11.6 Å². The Balaban J connectivity index is 1.92. The summed E-state index contributed by atoms with van der Waals surface area (Å²) in [6, 6.07) is 14.2. The number of benzene rings is 2. The van der Waals surface area contributed by atoms with Crippen LogP contribution in [0.2, 0.25) is 0 Å². The average molecular weight is 305 g/mol. The number of rotatable bonds is 3. The van der Waals surface area contributed by atoms with Gasteiger partial charge in [-0.15, -0.1) is 0 Å². The van der Waals surface area contributed by atoms with Gasteiger partial charge >= 0.3 is 0 Å². The summed E-state index contributed by atoms with van der Waals surface area (Å²) in [5.41, 5.74) is 4.67. The van der Waals surface area contributed by atoms with Crippen molar-refractivity contribution in [2.24, 2.45) is 5.10 Å². The third kappa shape index (κ3) is 2.99. The predicted molar refractivity (Wildman–Crippen MR) is 81.7 cm³/mol. The van der Waals surface area contributed by atoms with E-state index in [1.54, 1.807) is 42.5 Å². The number of nitriles is 2. The van der Waals surface area contributed by atoms with Crippen LogP contribution in [-0.4, -0.2) is 10.7 Å². The Hall–Kier alpha value is -3.71. The maximum Gasteiger partial charge on any atom is 0.237 e. The second-order valence-corrected chi connectivity index (χ2v) is 4.50. The third-order valence-electron chi connectivity index (χ3n) is 2.99. The number of hydrogen-bond acceptors (Lipinski definition) is 6. The number of aromatic nitrogens is 1. The standard InChI is InChI=1S/C16H8FN5O/c17-11-3-1-10(2-4-11)16-20-14-7-12(5-6-15(14)23-16)21-22-13(8-18)9-19/h1-7,21H. The Morgan fingerprint density at radius 3 is 2.57 bits per heavy atom. The highest BCUT2D eigenvalue weighted by molar-refractivity contribution is 6.10. The van der Waals surface area contributed by atoms with E-state index in [1.165, 1.54) is 12.1 Å². The van der Waals surface area contributed by atoms with Crippen molar-refractivity contribution in [2.45, 2.75) is 0 Å². The van der Waals surface area contributed by atoms with E-state index in [2.05, 4.69) is 15.5 Å². The molecule has 0 amide bonds. The molecule has 110 valence electrons. The molecule has 6 nitrogen and oxygen atoms in total. The van der Waals surface area contributed by atoms with E-state index in [0.717, 1.165) is 0 Å². The fraction of sp³-hybridized carbons (Fsp3) is 0. The highest BCUT2D eigenvalue weighted by atomic mass is 19.1. The van der Waals surface area contributed by atoms with Crippen LogP contribution in [0.15, 0.2) is 52.0 Å². The van der Waals surface area contributed by atoms with Crippen molar-refractivity contribution in [3.8, 4) is 23.6 Å². The molecule has 1 N–H and O–H groups in total. The quantitative estimate of drug-likeness (QED) is 0.590. The van der Waals surface area contributed by atoms with Crippen molar-refractivity contribution in [2.75, 3.05) is 5.43 Å². The van der Waals surface area contributed by atoms with Crippen molar-refractivity contribution < 1.29 is 8.81 Å². The Bertz CT molecular complexity index is 960. The van der Waals surface area contributed by atoms with E-state index < -0.39 is 0 Å². The summed E-state index contributed by atoms with van der Waals surface area (Å²) in [5, 5.41) is 20.9. The van der Waals surface area contributed by atoms with Gasteiger partial charge in [-0.2, -0.15) is 15.6 Å². The van der Waals surface area contributed by atoms with Crippen molar-refractivity contribution in [3.05, 3.63) is 48.3 Å². The number of oxazole rings is 1. The molecular formula is C16H8FN5O. The minimum absolute atomic E-state index is 0.280. The van der Waals surface area contributed by atoms with Crippen LogP contribution >= 0.6 is 0 Å². The zero-order valence-corrected chi connectivity index (χ0v) is 11.6. The van der Waals surface area contributed by atoms with E-state index >= 15 is 0 Å². The van der Waals surface area contributed by atoms with E-state index in [-0.39, 0.29) is 11.5 Å². The van der Waals surface area contributed by atoms with Crippen LogP contribution in [0.3, 0.4) is 0 Å². The summed E-state index contributed by atoms with van der Waals surface area (Å²) in [4.78, 5) is 4.33. The molecule has 3 rings (SSSR count). The van der Waals surface area contributed by atoms with E-state index in [0.29, 0.717) is 28.2 Å². The molecule has 0 aliphatic heterocycles.